The summed E-state index contributed by atoms with van der Waals surface area (Å²) in [5.74, 6) is 0.335. The number of nitrogens with one attached hydrogen (secondary N) is 2. The molecule has 0 radical (unpaired) electrons. The number of anilines is 1. The minimum atomic E-state index is -0.410. The molecule has 2 aliphatic heterocycles. The Bertz CT molecular complexity index is 1430. The van der Waals surface area contributed by atoms with Gasteiger partial charge in [-0.3, -0.25) is 14.8 Å². The maximum absolute atomic E-state index is 12.9. The normalized spacial score (nSPS) is 24.1. The van der Waals surface area contributed by atoms with Crippen molar-refractivity contribution in [1.82, 2.24) is 20.0 Å². The highest BCUT2D eigenvalue weighted by Gasteiger charge is 2.65. The average Bonchev–Trinajstić information content (AvgIpc) is 3.40. The molecule has 1 amide bonds. The van der Waals surface area contributed by atoms with Crippen LogP contribution in [0.3, 0.4) is 0 Å². The first-order valence-corrected chi connectivity index (χ1v) is 12.5. The van der Waals surface area contributed by atoms with Gasteiger partial charge in [0.2, 0.25) is 5.91 Å². The topological polar surface area (TPSA) is 64.3 Å². The van der Waals surface area contributed by atoms with Crippen LogP contribution in [0, 0.1) is 0 Å². The summed E-state index contributed by atoms with van der Waals surface area (Å²) in [5, 5.41) is 12.1. The lowest BCUT2D eigenvalue weighted by Gasteiger charge is -2.32. The summed E-state index contributed by atoms with van der Waals surface area (Å²) in [7, 11) is 2.19. The minimum Gasteiger partial charge on any atom is -0.325 e. The molecule has 6 heteroatoms. The van der Waals surface area contributed by atoms with E-state index in [2.05, 4.69) is 80.9 Å². The zero-order chi connectivity index (χ0) is 23.6. The third-order valence-electron chi connectivity index (χ3n) is 8.24. The summed E-state index contributed by atoms with van der Waals surface area (Å²) < 4.78 is 0. The van der Waals surface area contributed by atoms with Gasteiger partial charge in [0.1, 0.15) is 0 Å². The van der Waals surface area contributed by atoms with Gasteiger partial charge in [-0.15, -0.1) is 0 Å². The summed E-state index contributed by atoms with van der Waals surface area (Å²) in [4.78, 5) is 17.8. The van der Waals surface area contributed by atoms with Crippen LogP contribution in [0.5, 0.6) is 0 Å². The highest BCUT2D eigenvalue weighted by Crippen LogP contribution is 2.65. The lowest BCUT2D eigenvalue weighted by atomic mass is 9.91. The van der Waals surface area contributed by atoms with E-state index in [9.17, 15) is 4.79 Å². The fourth-order valence-electron chi connectivity index (χ4n) is 6.06. The van der Waals surface area contributed by atoms with Crippen molar-refractivity contribution >= 4 is 22.5 Å². The molecule has 2 fully saturated rings. The van der Waals surface area contributed by atoms with Gasteiger partial charge in [0.25, 0.3) is 0 Å². The van der Waals surface area contributed by atoms with E-state index in [1.165, 1.54) is 11.1 Å². The summed E-state index contributed by atoms with van der Waals surface area (Å²) in [6.07, 6.45) is 0.858. The number of piperazine rings is 1. The van der Waals surface area contributed by atoms with E-state index in [0.29, 0.717) is 0 Å². The summed E-state index contributed by atoms with van der Waals surface area (Å²) >= 11 is 0. The summed E-state index contributed by atoms with van der Waals surface area (Å²) in [6.45, 7) is 5.52. The molecule has 3 aliphatic rings. The van der Waals surface area contributed by atoms with Gasteiger partial charge in [-0.2, -0.15) is 5.10 Å². The van der Waals surface area contributed by atoms with Gasteiger partial charge in [-0.05, 0) is 42.3 Å². The standard InChI is InChI=1S/C29H29N5O/c1-33-12-14-34(15-13-33)18-19-6-8-20(9-7-19)27-22-11-10-21(16-26(22)31-32-27)24-17-29(24)23-4-2-3-5-25(23)30-28(29)35/h2-11,16,24H,12-15,17-18H2,1H3,(H,30,35)(H,31,32). The second-order valence-electron chi connectivity index (χ2n) is 10.4. The van der Waals surface area contributed by atoms with Crippen molar-refractivity contribution in [2.75, 3.05) is 38.5 Å². The number of likely N-dealkylation sites (N-methyl/N-ethyl adjacent to an activating group) is 1. The first kappa shape index (κ1) is 20.9. The van der Waals surface area contributed by atoms with Crippen molar-refractivity contribution in [3.63, 3.8) is 0 Å². The SMILES string of the molecule is CN1CCN(Cc2ccc(-c3n[nH]c4cc(C5CC56C(=O)Nc5ccccc56)ccc34)cc2)CC1. The molecule has 1 aromatic heterocycles. The molecule has 1 saturated heterocycles. The second-order valence-corrected chi connectivity index (χ2v) is 10.4. The molecular weight excluding hydrogens is 434 g/mol. The van der Waals surface area contributed by atoms with Crippen molar-refractivity contribution < 1.29 is 4.79 Å². The number of aromatic amines is 1. The largest absolute Gasteiger partial charge is 0.325 e. The second kappa shape index (κ2) is 7.77. The van der Waals surface area contributed by atoms with E-state index in [0.717, 1.165) is 72.6 Å². The molecule has 1 saturated carbocycles. The Morgan fingerprint density at radius 1 is 1.00 bits per heavy atom. The van der Waals surface area contributed by atoms with Crippen LogP contribution in [-0.2, 0) is 16.8 Å². The van der Waals surface area contributed by atoms with Gasteiger partial charge in [-0.25, -0.2) is 0 Å². The van der Waals surface area contributed by atoms with Crippen molar-refractivity contribution in [1.29, 1.82) is 0 Å². The van der Waals surface area contributed by atoms with Crippen LogP contribution in [0.2, 0.25) is 0 Å². The average molecular weight is 464 g/mol. The van der Waals surface area contributed by atoms with E-state index in [-0.39, 0.29) is 11.8 Å². The monoisotopic (exact) mass is 463 g/mol. The van der Waals surface area contributed by atoms with Gasteiger partial charge in [0.15, 0.2) is 0 Å². The maximum Gasteiger partial charge on any atom is 0.235 e. The number of carbonyl (C=O) groups excluding carboxylic acids is 1. The molecule has 2 atom stereocenters. The molecule has 3 aromatic carbocycles. The molecule has 1 aliphatic carbocycles. The Kier molecular flexibility index (Phi) is 4.63. The predicted molar refractivity (Wildman–Crippen MR) is 138 cm³/mol. The van der Waals surface area contributed by atoms with Crippen LogP contribution in [0.1, 0.15) is 29.0 Å². The zero-order valence-electron chi connectivity index (χ0n) is 19.9. The van der Waals surface area contributed by atoms with Crippen molar-refractivity contribution in [3.8, 4) is 11.3 Å². The minimum absolute atomic E-state index is 0.130. The van der Waals surface area contributed by atoms with E-state index in [4.69, 9.17) is 0 Å². The van der Waals surface area contributed by atoms with Gasteiger partial charge >= 0.3 is 0 Å². The van der Waals surface area contributed by atoms with Crippen molar-refractivity contribution in [3.05, 3.63) is 83.4 Å². The van der Waals surface area contributed by atoms with Gasteiger partial charge in [-0.1, -0.05) is 54.6 Å². The highest BCUT2D eigenvalue weighted by atomic mass is 16.2. The van der Waals surface area contributed by atoms with E-state index < -0.39 is 5.41 Å². The Morgan fingerprint density at radius 2 is 1.80 bits per heavy atom. The highest BCUT2D eigenvalue weighted by molar-refractivity contribution is 6.10. The van der Waals surface area contributed by atoms with Crippen LogP contribution in [0.4, 0.5) is 5.69 Å². The van der Waals surface area contributed by atoms with Crippen LogP contribution in [-0.4, -0.2) is 59.1 Å². The number of carbonyl (C=O) groups is 1. The molecule has 2 N–H and O–H groups in total. The lowest BCUT2D eigenvalue weighted by molar-refractivity contribution is -0.118. The third kappa shape index (κ3) is 3.32. The van der Waals surface area contributed by atoms with Crippen molar-refractivity contribution in [2.24, 2.45) is 0 Å². The summed E-state index contributed by atoms with van der Waals surface area (Å²) in [5.41, 5.74) is 7.35. The van der Waals surface area contributed by atoms with Crippen molar-refractivity contribution in [2.45, 2.75) is 24.3 Å². The number of aromatic nitrogens is 2. The molecule has 2 unspecified atom stereocenters. The Morgan fingerprint density at radius 3 is 2.63 bits per heavy atom. The van der Waals surface area contributed by atoms with Crippen LogP contribution in [0.15, 0.2) is 66.7 Å². The first-order valence-electron chi connectivity index (χ1n) is 12.5. The number of rotatable bonds is 4. The van der Waals surface area contributed by atoms with Gasteiger partial charge < -0.3 is 10.2 Å². The zero-order valence-corrected chi connectivity index (χ0v) is 19.9. The molecule has 6 nitrogen and oxygen atoms in total. The van der Waals surface area contributed by atoms with E-state index >= 15 is 0 Å². The molecule has 4 aromatic rings. The quantitative estimate of drug-likeness (QED) is 0.472. The Labute approximate surface area is 204 Å². The number of amides is 1. The molecule has 176 valence electrons. The van der Waals surface area contributed by atoms with Crippen LogP contribution >= 0.6 is 0 Å². The Balaban J connectivity index is 1.12. The number of fused-ring (bicyclic) bond motifs is 3. The number of H-pyrrole nitrogens is 1. The molecular formula is C29H29N5O. The summed E-state index contributed by atoms with van der Waals surface area (Å²) in [6, 6.07) is 23.4. The van der Waals surface area contributed by atoms with Gasteiger partial charge in [0.05, 0.1) is 16.6 Å². The molecule has 0 bridgehead atoms. The third-order valence-corrected chi connectivity index (χ3v) is 8.24. The van der Waals surface area contributed by atoms with Gasteiger partial charge in [0, 0.05) is 55.3 Å². The molecule has 3 heterocycles. The Hall–Kier alpha value is -3.48. The molecule has 1 spiro atoms. The fraction of sp³-hybridized carbons (Fsp3) is 0.310. The van der Waals surface area contributed by atoms with Crippen LogP contribution in [0.25, 0.3) is 22.2 Å². The maximum atomic E-state index is 12.9. The lowest BCUT2D eigenvalue weighted by Crippen LogP contribution is -2.43. The first-order chi connectivity index (χ1) is 17.1. The van der Waals surface area contributed by atoms with E-state index in [1.54, 1.807) is 0 Å². The smallest absolute Gasteiger partial charge is 0.235 e. The van der Waals surface area contributed by atoms with Crippen LogP contribution < -0.4 is 5.32 Å². The number of hydrogen-bond donors (Lipinski definition) is 2. The number of hydrogen-bond acceptors (Lipinski definition) is 4. The number of para-hydroxylation sites is 1. The fourth-order valence-corrected chi connectivity index (χ4v) is 6.06. The molecule has 35 heavy (non-hydrogen) atoms. The molecule has 7 rings (SSSR count). The number of nitrogens with zero attached hydrogens (tertiary/aromatic N) is 3. The number of benzene rings is 3. The van der Waals surface area contributed by atoms with E-state index in [1.807, 2.05) is 18.2 Å². The predicted octanol–water partition coefficient (Wildman–Crippen LogP) is 4.35.